The Kier molecular flexibility index (Phi) is 1.42. The minimum absolute atomic E-state index is 0.0356. The molecule has 4 fully saturated rings. The SMILES string of the molecule is NC12C[C@H]3C[C@H](C1)CC([N+](=O)[O-])(C3)C2. The molecule has 0 amide bonds. The van der Waals surface area contributed by atoms with Crippen LogP contribution in [-0.2, 0) is 0 Å². The lowest BCUT2D eigenvalue weighted by Crippen LogP contribution is -2.65. The standard InChI is InChI=1S/C10H16N2O2/c11-9-2-7-1-8(3-9)5-10(4-7,6-9)12(13)14/h7-8H,1-6,11H2/t7-,8-,9?,10?/m1/s1. The third-order valence-electron chi connectivity index (χ3n) is 4.46. The summed E-state index contributed by atoms with van der Waals surface area (Å²) in [5.74, 6) is 1.07. The van der Waals surface area contributed by atoms with E-state index in [9.17, 15) is 10.1 Å². The molecule has 14 heavy (non-hydrogen) atoms. The predicted octanol–water partition coefficient (Wildman–Crippen LogP) is 1.31. The Bertz CT molecular complexity index is 288. The summed E-state index contributed by atoms with van der Waals surface area (Å²) in [6.07, 6.45) is 5.44. The molecule has 0 spiro atoms. The van der Waals surface area contributed by atoms with Crippen molar-refractivity contribution in [2.45, 2.75) is 49.6 Å². The number of hydrogen-bond acceptors (Lipinski definition) is 3. The lowest BCUT2D eigenvalue weighted by atomic mass is 9.50. The van der Waals surface area contributed by atoms with E-state index < -0.39 is 5.54 Å². The molecular weight excluding hydrogens is 180 g/mol. The molecule has 2 N–H and O–H groups in total. The van der Waals surface area contributed by atoms with Crippen LogP contribution in [0.25, 0.3) is 0 Å². The average molecular weight is 196 g/mol. The molecule has 0 saturated heterocycles. The van der Waals surface area contributed by atoms with Crippen molar-refractivity contribution in [2.75, 3.05) is 0 Å². The van der Waals surface area contributed by atoms with Gasteiger partial charge in [0.05, 0.1) is 0 Å². The molecule has 78 valence electrons. The number of hydrogen-bond donors (Lipinski definition) is 1. The van der Waals surface area contributed by atoms with Gasteiger partial charge >= 0.3 is 0 Å². The van der Waals surface area contributed by atoms with Gasteiger partial charge in [-0.3, -0.25) is 10.1 Å². The van der Waals surface area contributed by atoms with Crippen LogP contribution in [0.1, 0.15) is 38.5 Å². The van der Waals surface area contributed by atoms with Gasteiger partial charge < -0.3 is 5.73 Å². The molecule has 0 aromatic carbocycles. The van der Waals surface area contributed by atoms with E-state index in [1.54, 1.807) is 0 Å². The maximum atomic E-state index is 11.1. The second kappa shape index (κ2) is 2.30. The van der Waals surface area contributed by atoms with Crippen LogP contribution in [0.3, 0.4) is 0 Å². The van der Waals surface area contributed by atoms with Crippen LogP contribution in [0.15, 0.2) is 0 Å². The van der Waals surface area contributed by atoms with Gasteiger partial charge in [-0.2, -0.15) is 0 Å². The summed E-state index contributed by atoms with van der Waals surface area (Å²) in [6, 6.07) is 0. The summed E-state index contributed by atoms with van der Waals surface area (Å²) < 4.78 is 0. The van der Waals surface area contributed by atoms with Gasteiger partial charge in [-0.1, -0.05) is 0 Å². The van der Waals surface area contributed by atoms with Crippen molar-refractivity contribution < 1.29 is 4.92 Å². The highest BCUT2D eigenvalue weighted by Gasteiger charge is 2.62. The van der Waals surface area contributed by atoms with Crippen LogP contribution < -0.4 is 5.73 Å². The zero-order valence-electron chi connectivity index (χ0n) is 8.24. The fraction of sp³-hybridized carbons (Fsp3) is 1.00. The molecule has 4 bridgehead atoms. The maximum absolute atomic E-state index is 11.1. The molecule has 4 nitrogen and oxygen atoms in total. The summed E-state index contributed by atoms with van der Waals surface area (Å²) in [7, 11) is 0. The normalized spacial score (nSPS) is 54.9. The topological polar surface area (TPSA) is 69.2 Å². The molecule has 0 aromatic rings. The molecule has 4 rings (SSSR count). The van der Waals surface area contributed by atoms with Crippen molar-refractivity contribution in [3.63, 3.8) is 0 Å². The Balaban J connectivity index is 2.00. The zero-order chi connectivity index (χ0) is 9.97. The van der Waals surface area contributed by atoms with Crippen molar-refractivity contribution in [3.8, 4) is 0 Å². The lowest BCUT2D eigenvalue weighted by Gasteiger charge is -2.56. The van der Waals surface area contributed by atoms with Crippen molar-refractivity contribution in [3.05, 3.63) is 10.1 Å². The summed E-state index contributed by atoms with van der Waals surface area (Å²) in [4.78, 5) is 11.1. The molecular formula is C10H16N2O2. The van der Waals surface area contributed by atoms with Gasteiger partial charge in [-0.15, -0.1) is 0 Å². The fourth-order valence-corrected chi connectivity index (χ4v) is 4.50. The average Bonchev–Trinajstić information content (AvgIpc) is 1.98. The molecule has 0 heterocycles. The summed E-state index contributed by atoms with van der Waals surface area (Å²) in [5.41, 5.74) is 5.40. The van der Waals surface area contributed by atoms with Gasteiger partial charge in [-0.25, -0.2) is 0 Å². The second-order valence-corrected chi connectivity index (χ2v) is 5.80. The minimum Gasteiger partial charge on any atom is -0.325 e. The van der Waals surface area contributed by atoms with Crippen LogP contribution in [-0.4, -0.2) is 16.0 Å². The van der Waals surface area contributed by atoms with Crippen LogP contribution in [0.2, 0.25) is 0 Å². The fourth-order valence-electron chi connectivity index (χ4n) is 4.50. The Hall–Kier alpha value is -0.640. The smallest absolute Gasteiger partial charge is 0.224 e. The summed E-state index contributed by atoms with van der Waals surface area (Å²) in [5, 5.41) is 11.1. The first-order valence-corrected chi connectivity index (χ1v) is 5.45. The maximum Gasteiger partial charge on any atom is 0.224 e. The molecule has 2 atom stereocenters. The summed E-state index contributed by atoms with van der Waals surface area (Å²) in [6.45, 7) is 0. The highest BCUT2D eigenvalue weighted by atomic mass is 16.6. The number of nitro groups is 1. The Morgan fingerprint density at radius 3 is 2.21 bits per heavy atom. The molecule has 4 aliphatic rings. The first-order valence-electron chi connectivity index (χ1n) is 5.45. The molecule has 0 aliphatic heterocycles. The van der Waals surface area contributed by atoms with Crippen molar-refractivity contribution in [1.82, 2.24) is 0 Å². The highest BCUT2D eigenvalue weighted by Crippen LogP contribution is 2.57. The quantitative estimate of drug-likeness (QED) is 0.508. The van der Waals surface area contributed by atoms with Crippen LogP contribution in [0.4, 0.5) is 0 Å². The Morgan fingerprint density at radius 2 is 1.79 bits per heavy atom. The molecule has 4 aliphatic carbocycles. The van der Waals surface area contributed by atoms with E-state index >= 15 is 0 Å². The third-order valence-corrected chi connectivity index (χ3v) is 4.46. The first kappa shape index (κ1) is 8.65. The van der Waals surface area contributed by atoms with Crippen LogP contribution in [0.5, 0.6) is 0 Å². The highest BCUT2D eigenvalue weighted by molar-refractivity contribution is 5.11. The van der Waals surface area contributed by atoms with E-state index in [1.807, 2.05) is 0 Å². The lowest BCUT2D eigenvalue weighted by molar-refractivity contribution is -0.589. The van der Waals surface area contributed by atoms with Crippen molar-refractivity contribution >= 4 is 0 Å². The number of nitrogens with two attached hydrogens (primary N) is 1. The Labute approximate surface area is 83.0 Å². The minimum atomic E-state index is -0.640. The van der Waals surface area contributed by atoms with E-state index in [4.69, 9.17) is 5.73 Å². The molecule has 4 saturated carbocycles. The van der Waals surface area contributed by atoms with Gasteiger partial charge in [0.15, 0.2) is 0 Å². The third kappa shape index (κ3) is 0.975. The number of nitrogens with zero attached hydrogens (tertiary/aromatic N) is 1. The monoisotopic (exact) mass is 196 g/mol. The first-order chi connectivity index (χ1) is 6.51. The van der Waals surface area contributed by atoms with Crippen molar-refractivity contribution in [1.29, 1.82) is 0 Å². The molecule has 0 aromatic heterocycles. The molecule has 4 heteroatoms. The van der Waals surface area contributed by atoms with Crippen molar-refractivity contribution in [2.24, 2.45) is 17.6 Å². The Morgan fingerprint density at radius 1 is 1.21 bits per heavy atom. The zero-order valence-corrected chi connectivity index (χ0v) is 8.24. The van der Waals surface area contributed by atoms with Crippen LogP contribution in [0, 0.1) is 22.0 Å². The second-order valence-electron chi connectivity index (χ2n) is 5.80. The van der Waals surface area contributed by atoms with E-state index in [1.165, 1.54) is 6.42 Å². The molecule has 0 unspecified atom stereocenters. The predicted molar refractivity (Wildman–Crippen MR) is 51.3 cm³/mol. The van der Waals surface area contributed by atoms with E-state index in [0.29, 0.717) is 18.3 Å². The largest absolute Gasteiger partial charge is 0.325 e. The van der Waals surface area contributed by atoms with E-state index in [2.05, 4.69) is 0 Å². The van der Waals surface area contributed by atoms with Gasteiger partial charge in [-0.05, 0) is 31.1 Å². The van der Waals surface area contributed by atoms with Gasteiger partial charge in [0, 0.05) is 29.7 Å². The summed E-state index contributed by atoms with van der Waals surface area (Å²) >= 11 is 0. The van der Waals surface area contributed by atoms with Gasteiger partial charge in [0.1, 0.15) is 0 Å². The van der Waals surface area contributed by atoms with Crippen LogP contribution >= 0.6 is 0 Å². The van der Waals surface area contributed by atoms with Gasteiger partial charge in [0.2, 0.25) is 5.54 Å². The van der Waals surface area contributed by atoms with Gasteiger partial charge in [0.25, 0.3) is 0 Å². The van der Waals surface area contributed by atoms with E-state index in [0.717, 1.165) is 25.7 Å². The number of rotatable bonds is 1. The van der Waals surface area contributed by atoms with E-state index in [-0.39, 0.29) is 10.5 Å². The molecule has 0 radical (unpaired) electrons.